The van der Waals surface area contributed by atoms with Gasteiger partial charge >= 0.3 is 25.8 Å². The molecule has 0 spiro atoms. The van der Waals surface area contributed by atoms with Gasteiger partial charge in [0.15, 0.2) is 0 Å². The third-order valence-electron chi connectivity index (χ3n) is 3.80. The summed E-state index contributed by atoms with van der Waals surface area (Å²) in [4.78, 5) is 0. The zero-order chi connectivity index (χ0) is 13.9. The zero-order valence-electron chi connectivity index (χ0n) is 14.4. The molecule has 0 nitrogen and oxygen atoms in total. The Morgan fingerprint density at radius 3 is 1.26 bits per heavy atom. The Bertz CT molecular complexity index is 761. The van der Waals surface area contributed by atoms with Crippen LogP contribution in [0.2, 0.25) is 0 Å². The van der Waals surface area contributed by atoms with Gasteiger partial charge in [0.2, 0.25) is 0 Å². The second kappa shape index (κ2) is 9.62. The van der Waals surface area contributed by atoms with Crippen LogP contribution in [0.5, 0.6) is 0 Å². The van der Waals surface area contributed by atoms with Gasteiger partial charge < -0.3 is 14.9 Å². The van der Waals surface area contributed by atoms with E-state index in [0.29, 0.717) is 0 Å². The quantitative estimate of drug-likeness (QED) is 0.201. The van der Waals surface area contributed by atoms with E-state index in [4.69, 9.17) is 0 Å². The first kappa shape index (κ1) is 21.5. The molecule has 0 saturated heterocycles. The Morgan fingerprint density at radius 2 is 0.913 bits per heavy atom. The van der Waals surface area contributed by atoms with Crippen molar-refractivity contribution in [2.75, 3.05) is 0 Å². The Labute approximate surface area is 159 Å². The van der Waals surface area contributed by atoms with Gasteiger partial charge in [0.25, 0.3) is 0 Å². The van der Waals surface area contributed by atoms with Crippen LogP contribution in [0.4, 0.5) is 0 Å². The molecule has 23 heavy (non-hydrogen) atoms. The molecule has 0 heterocycles. The van der Waals surface area contributed by atoms with Crippen LogP contribution < -0.4 is 0 Å². The van der Waals surface area contributed by atoms with Gasteiger partial charge in [-0.05, 0) is 0 Å². The van der Waals surface area contributed by atoms with Crippen LogP contribution in [0, 0.1) is 28.7 Å². The predicted molar refractivity (Wildman–Crippen MR) is 101 cm³/mol. The van der Waals surface area contributed by atoms with Crippen molar-refractivity contribution in [2.24, 2.45) is 0 Å². The van der Waals surface area contributed by atoms with E-state index in [-0.39, 0.29) is 40.7 Å². The largest absolute Gasteiger partial charge is 4.00 e. The number of benzene rings is 2. The zero-order valence-corrected chi connectivity index (χ0v) is 18.0. The SMILES string of the molecule is C[c-]1ccc2ccccc21.C[c-]1ccc2ccccc21.[CH3-].[CH3-].[Hf+4]. The predicted octanol–water partition coefficient (Wildman–Crippen LogP) is 6.63. The summed E-state index contributed by atoms with van der Waals surface area (Å²) in [6, 6.07) is 25.5. The first-order valence-corrected chi connectivity index (χ1v) is 6.98. The fourth-order valence-electron chi connectivity index (χ4n) is 2.61. The fourth-order valence-corrected chi connectivity index (χ4v) is 2.61. The molecular formula is C22H24Hf. The number of aryl methyl sites for hydroxylation is 2. The van der Waals surface area contributed by atoms with Crippen molar-refractivity contribution in [1.29, 1.82) is 0 Å². The summed E-state index contributed by atoms with van der Waals surface area (Å²) >= 11 is 0. The molecule has 0 saturated carbocycles. The molecule has 0 aromatic heterocycles. The van der Waals surface area contributed by atoms with Crippen LogP contribution >= 0.6 is 0 Å². The van der Waals surface area contributed by atoms with E-state index in [0.717, 1.165) is 0 Å². The van der Waals surface area contributed by atoms with Crippen LogP contribution in [-0.2, 0) is 25.8 Å². The van der Waals surface area contributed by atoms with E-state index in [1.165, 1.54) is 32.7 Å². The molecule has 0 radical (unpaired) electrons. The molecule has 1 heteroatoms. The first-order chi connectivity index (χ1) is 9.75. The van der Waals surface area contributed by atoms with Gasteiger partial charge in [-0.15, -0.1) is 69.1 Å². The molecule has 0 atom stereocenters. The van der Waals surface area contributed by atoms with E-state index >= 15 is 0 Å². The van der Waals surface area contributed by atoms with Crippen LogP contribution in [0.3, 0.4) is 0 Å². The minimum atomic E-state index is 0. The van der Waals surface area contributed by atoms with Gasteiger partial charge in [-0.2, -0.15) is 24.3 Å². The van der Waals surface area contributed by atoms with Gasteiger partial charge in [-0.25, -0.2) is 0 Å². The third kappa shape index (κ3) is 4.75. The Hall–Kier alpha value is -1.47. The molecule has 0 amide bonds. The van der Waals surface area contributed by atoms with Gasteiger partial charge in [-0.1, -0.05) is 26.0 Å². The molecule has 0 fully saturated rings. The molecule has 0 aliphatic rings. The number of rotatable bonds is 0. The minimum absolute atomic E-state index is 0. The first-order valence-electron chi connectivity index (χ1n) is 6.98. The van der Waals surface area contributed by atoms with Crippen molar-refractivity contribution in [3.05, 3.63) is 98.8 Å². The third-order valence-corrected chi connectivity index (χ3v) is 3.80. The summed E-state index contributed by atoms with van der Waals surface area (Å²) in [5.74, 6) is 0. The summed E-state index contributed by atoms with van der Waals surface area (Å²) in [7, 11) is 0. The Kier molecular flexibility index (Phi) is 9.01. The van der Waals surface area contributed by atoms with Crippen molar-refractivity contribution in [2.45, 2.75) is 13.8 Å². The van der Waals surface area contributed by atoms with E-state index in [1.807, 2.05) is 0 Å². The fraction of sp³-hybridized carbons (Fsp3) is 0.0909. The molecule has 4 rings (SSSR count). The van der Waals surface area contributed by atoms with Crippen LogP contribution in [0.25, 0.3) is 21.5 Å². The van der Waals surface area contributed by atoms with Gasteiger partial charge in [0.1, 0.15) is 0 Å². The van der Waals surface area contributed by atoms with Crippen molar-refractivity contribution in [1.82, 2.24) is 0 Å². The number of hydrogen-bond donors (Lipinski definition) is 0. The summed E-state index contributed by atoms with van der Waals surface area (Å²) < 4.78 is 0. The van der Waals surface area contributed by atoms with Crippen LogP contribution in [-0.4, -0.2) is 0 Å². The normalized spacial score (nSPS) is 9.13. The molecule has 4 aromatic rings. The van der Waals surface area contributed by atoms with E-state index in [1.54, 1.807) is 0 Å². The molecule has 0 N–H and O–H groups in total. The van der Waals surface area contributed by atoms with Crippen molar-refractivity contribution >= 4 is 21.5 Å². The molecule has 4 aromatic carbocycles. The molecule has 0 aliphatic heterocycles. The summed E-state index contributed by atoms with van der Waals surface area (Å²) in [6.45, 7) is 4.28. The topological polar surface area (TPSA) is 0 Å². The monoisotopic (exact) mass is 468 g/mol. The van der Waals surface area contributed by atoms with Crippen LogP contribution in [0.15, 0.2) is 72.8 Å². The minimum Gasteiger partial charge on any atom is -0.358 e. The average Bonchev–Trinajstić information content (AvgIpc) is 3.05. The van der Waals surface area contributed by atoms with Crippen LogP contribution in [0.1, 0.15) is 11.1 Å². The maximum atomic E-state index is 2.16. The smallest absolute Gasteiger partial charge is 0.358 e. The molecular weight excluding hydrogens is 443 g/mol. The second-order valence-electron chi connectivity index (χ2n) is 5.21. The molecule has 0 unspecified atom stereocenters. The maximum absolute atomic E-state index is 2.16. The van der Waals surface area contributed by atoms with E-state index < -0.39 is 0 Å². The summed E-state index contributed by atoms with van der Waals surface area (Å²) in [5, 5.41) is 5.45. The molecule has 0 bridgehead atoms. The van der Waals surface area contributed by atoms with Gasteiger partial charge in [-0.3, -0.25) is 0 Å². The Morgan fingerprint density at radius 1 is 0.565 bits per heavy atom. The Balaban J connectivity index is 0.000000372. The van der Waals surface area contributed by atoms with Crippen molar-refractivity contribution in [3.63, 3.8) is 0 Å². The molecule has 0 aliphatic carbocycles. The van der Waals surface area contributed by atoms with Crippen molar-refractivity contribution < 1.29 is 25.8 Å². The standard InChI is InChI=1S/2C10H9.2CH3.Hf/c2*1-8-6-7-9-4-2-3-5-10(8)9;;;/h2*2-7H,1H3;2*1H3;/q4*-1;+4. The number of hydrogen-bond acceptors (Lipinski definition) is 0. The van der Waals surface area contributed by atoms with Gasteiger partial charge in [0.05, 0.1) is 0 Å². The average molecular weight is 467 g/mol. The van der Waals surface area contributed by atoms with Gasteiger partial charge in [0, 0.05) is 0 Å². The van der Waals surface area contributed by atoms with E-state index in [9.17, 15) is 0 Å². The number of fused-ring (bicyclic) bond motifs is 2. The van der Waals surface area contributed by atoms with E-state index in [2.05, 4.69) is 86.6 Å². The summed E-state index contributed by atoms with van der Waals surface area (Å²) in [6.07, 6.45) is 0. The van der Waals surface area contributed by atoms with Crippen molar-refractivity contribution in [3.8, 4) is 0 Å². The second-order valence-corrected chi connectivity index (χ2v) is 5.21. The molecule has 116 valence electrons. The summed E-state index contributed by atoms with van der Waals surface area (Å²) in [5.41, 5.74) is 2.74. The maximum Gasteiger partial charge on any atom is 4.00 e.